The Morgan fingerprint density at radius 3 is 2.69 bits per heavy atom. The zero-order valence-electron chi connectivity index (χ0n) is 15.0. The number of carboxylic acid groups (broad SMARTS) is 1. The third-order valence-corrected chi connectivity index (χ3v) is 5.17. The summed E-state index contributed by atoms with van der Waals surface area (Å²) in [6.07, 6.45) is 3.12. The molecule has 0 saturated heterocycles. The second kappa shape index (κ2) is 8.00. The molecule has 4 rings (SSSR count). The maximum absolute atomic E-state index is 11.0. The van der Waals surface area contributed by atoms with Gasteiger partial charge >= 0.3 is 5.97 Å². The number of hydrogen-bond acceptors (Lipinski definition) is 6. The molecule has 0 bridgehead atoms. The number of furan rings is 1. The highest BCUT2D eigenvalue weighted by Crippen LogP contribution is 2.35. The first-order valence-electron chi connectivity index (χ1n) is 8.62. The van der Waals surface area contributed by atoms with E-state index >= 15 is 0 Å². The number of carbonyl (C=O) groups is 1. The largest absolute Gasteiger partial charge is 0.478 e. The summed E-state index contributed by atoms with van der Waals surface area (Å²) in [5, 5.41) is 20.7. The number of thiophene rings is 1. The summed E-state index contributed by atoms with van der Waals surface area (Å²) in [4.78, 5) is 16.5. The van der Waals surface area contributed by atoms with Gasteiger partial charge in [0.25, 0.3) is 0 Å². The van der Waals surface area contributed by atoms with Crippen molar-refractivity contribution in [3.8, 4) is 33.6 Å². The first kappa shape index (κ1) is 18.5. The Hall–Kier alpha value is -3.89. The fraction of sp³-hybridized carbons (Fsp3) is 0.0455. The molecule has 29 heavy (non-hydrogen) atoms. The van der Waals surface area contributed by atoms with Crippen LogP contribution in [0.1, 0.15) is 21.5 Å². The van der Waals surface area contributed by atoms with Gasteiger partial charge in [0.15, 0.2) is 0 Å². The number of rotatable bonds is 6. The van der Waals surface area contributed by atoms with Crippen LogP contribution in [0.5, 0.6) is 5.88 Å². The molecule has 0 radical (unpaired) electrons. The lowest BCUT2D eigenvalue weighted by Gasteiger charge is -2.12. The number of aromatic carboxylic acids is 1. The normalized spacial score (nSPS) is 10.4. The van der Waals surface area contributed by atoms with Crippen molar-refractivity contribution in [3.05, 3.63) is 83.1 Å². The third-order valence-electron chi connectivity index (χ3n) is 4.28. The SMILES string of the molecule is N#Cc1c(-c2ccoc2)cc(-c2cccs2)nc1OCc1ccc(C(=O)O)cc1. The maximum atomic E-state index is 11.0. The number of benzene rings is 1. The standard InChI is InChI=1S/C22H14N2O4S/c23-11-18-17(16-7-8-27-13-16)10-19(20-2-1-9-29-20)24-21(18)28-12-14-3-5-15(6-4-14)22(25)26/h1-10,13H,12H2,(H,25,26). The van der Waals surface area contributed by atoms with Gasteiger partial charge in [-0.3, -0.25) is 0 Å². The number of nitrogens with zero attached hydrogens (tertiary/aromatic N) is 2. The Labute approximate surface area is 170 Å². The van der Waals surface area contributed by atoms with E-state index in [4.69, 9.17) is 14.3 Å². The minimum Gasteiger partial charge on any atom is -0.478 e. The highest BCUT2D eigenvalue weighted by molar-refractivity contribution is 7.13. The zero-order chi connectivity index (χ0) is 20.2. The second-order valence-electron chi connectivity index (χ2n) is 6.13. The van der Waals surface area contributed by atoms with Crippen molar-refractivity contribution < 1.29 is 19.1 Å². The van der Waals surface area contributed by atoms with Gasteiger partial charge in [-0.1, -0.05) is 18.2 Å². The van der Waals surface area contributed by atoms with E-state index in [9.17, 15) is 10.1 Å². The molecule has 0 atom stereocenters. The van der Waals surface area contributed by atoms with Gasteiger partial charge in [0.1, 0.15) is 18.2 Å². The van der Waals surface area contributed by atoms with Crippen LogP contribution < -0.4 is 4.74 Å². The highest BCUT2D eigenvalue weighted by Gasteiger charge is 2.18. The molecule has 0 saturated carbocycles. The molecular formula is C22H14N2O4S. The summed E-state index contributed by atoms with van der Waals surface area (Å²) < 4.78 is 11.1. The Bertz CT molecular complexity index is 1180. The molecule has 0 aliphatic carbocycles. The average molecular weight is 402 g/mol. The smallest absolute Gasteiger partial charge is 0.335 e. The minimum absolute atomic E-state index is 0.153. The van der Waals surface area contributed by atoms with Crippen molar-refractivity contribution in [3.63, 3.8) is 0 Å². The molecule has 1 aromatic carbocycles. The van der Waals surface area contributed by atoms with Crippen molar-refractivity contribution >= 4 is 17.3 Å². The molecule has 142 valence electrons. The van der Waals surface area contributed by atoms with Crippen LogP contribution in [0, 0.1) is 11.3 Å². The Kier molecular flexibility index (Phi) is 5.10. The van der Waals surface area contributed by atoms with Crippen LogP contribution in [0.3, 0.4) is 0 Å². The van der Waals surface area contributed by atoms with E-state index in [-0.39, 0.29) is 18.1 Å². The number of ether oxygens (including phenoxy) is 1. The molecule has 0 aliphatic heterocycles. The molecule has 0 aliphatic rings. The van der Waals surface area contributed by atoms with Gasteiger partial charge < -0.3 is 14.3 Å². The van der Waals surface area contributed by atoms with Gasteiger partial charge in [-0.2, -0.15) is 5.26 Å². The molecule has 0 amide bonds. The second-order valence-corrected chi connectivity index (χ2v) is 7.07. The Morgan fingerprint density at radius 1 is 1.24 bits per heavy atom. The highest BCUT2D eigenvalue weighted by atomic mass is 32.1. The van der Waals surface area contributed by atoms with E-state index < -0.39 is 5.97 Å². The van der Waals surface area contributed by atoms with Crippen LogP contribution in [-0.2, 0) is 6.61 Å². The quantitative estimate of drug-likeness (QED) is 0.475. The molecule has 0 unspecified atom stereocenters. The van der Waals surface area contributed by atoms with E-state index in [2.05, 4.69) is 11.1 Å². The summed E-state index contributed by atoms with van der Waals surface area (Å²) >= 11 is 1.54. The fourth-order valence-electron chi connectivity index (χ4n) is 2.83. The topological polar surface area (TPSA) is 96.4 Å². The fourth-order valence-corrected chi connectivity index (χ4v) is 3.51. The van der Waals surface area contributed by atoms with Crippen LogP contribution in [0.2, 0.25) is 0 Å². The van der Waals surface area contributed by atoms with Crippen LogP contribution in [0.4, 0.5) is 0 Å². The molecule has 4 aromatic rings. The number of aromatic nitrogens is 1. The molecule has 3 heterocycles. The van der Waals surface area contributed by atoms with Crippen LogP contribution in [0.25, 0.3) is 21.7 Å². The van der Waals surface area contributed by atoms with Gasteiger partial charge in [-0.25, -0.2) is 9.78 Å². The van der Waals surface area contributed by atoms with Crippen molar-refractivity contribution in [1.82, 2.24) is 4.98 Å². The molecule has 6 nitrogen and oxygen atoms in total. The van der Waals surface area contributed by atoms with E-state index in [0.717, 1.165) is 16.0 Å². The summed E-state index contributed by atoms with van der Waals surface area (Å²) in [5.41, 5.74) is 3.42. The summed E-state index contributed by atoms with van der Waals surface area (Å²) in [6.45, 7) is 0.153. The lowest BCUT2D eigenvalue weighted by Crippen LogP contribution is -2.03. The first-order chi connectivity index (χ1) is 14.2. The van der Waals surface area contributed by atoms with Gasteiger partial charge in [0.05, 0.1) is 28.7 Å². The van der Waals surface area contributed by atoms with Gasteiger partial charge in [0.2, 0.25) is 5.88 Å². The zero-order valence-corrected chi connectivity index (χ0v) is 15.8. The molecule has 0 spiro atoms. The van der Waals surface area contributed by atoms with Crippen LogP contribution in [-0.4, -0.2) is 16.1 Å². The number of carboxylic acids is 1. The lowest BCUT2D eigenvalue weighted by atomic mass is 10.0. The van der Waals surface area contributed by atoms with Crippen LogP contribution in [0.15, 0.2) is 70.9 Å². The van der Waals surface area contributed by atoms with Crippen molar-refractivity contribution in [2.24, 2.45) is 0 Å². The van der Waals surface area contributed by atoms with Crippen molar-refractivity contribution in [2.45, 2.75) is 6.61 Å². The first-order valence-corrected chi connectivity index (χ1v) is 9.50. The molecule has 7 heteroatoms. The van der Waals surface area contributed by atoms with Crippen molar-refractivity contribution in [2.75, 3.05) is 0 Å². The Balaban J connectivity index is 1.71. The van der Waals surface area contributed by atoms with Gasteiger partial charge in [-0.05, 0) is 41.3 Å². The van der Waals surface area contributed by atoms with Crippen LogP contribution >= 0.6 is 11.3 Å². The Morgan fingerprint density at radius 2 is 2.07 bits per heavy atom. The minimum atomic E-state index is -0.987. The van der Waals surface area contributed by atoms with E-state index in [1.165, 1.54) is 12.1 Å². The lowest BCUT2D eigenvalue weighted by molar-refractivity contribution is 0.0697. The van der Waals surface area contributed by atoms with Gasteiger partial charge in [-0.15, -0.1) is 11.3 Å². The van der Waals surface area contributed by atoms with Crippen molar-refractivity contribution in [1.29, 1.82) is 5.26 Å². The summed E-state index contributed by atoms with van der Waals surface area (Å²) in [7, 11) is 0. The predicted octanol–water partition coefficient (Wildman–Crippen LogP) is 5.22. The molecule has 1 N–H and O–H groups in total. The molecular weight excluding hydrogens is 388 g/mol. The molecule has 0 fully saturated rings. The monoisotopic (exact) mass is 402 g/mol. The van der Waals surface area contributed by atoms with E-state index in [1.807, 2.05) is 23.6 Å². The van der Waals surface area contributed by atoms with Gasteiger partial charge in [0, 0.05) is 11.1 Å². The summed E-state index contributed by atoms with van der Waals surface area (Å²) in [6, 6.07) is 16.1. The average Bonchev–Trinajstić information content (AvgIpc) is 3.46. The predicted molar refractivity (Wildman–Crippen MR) is 108 cm³/mol. The van der Waals surface area contributed by atoms with E-state index in [1.54, 1.807) is 42.1 Å². The third kappa shape index (κ3) is 3.88. The number of nitriles is 1. The number of hydrogen-bond donors (Lipinski definition) is 1. The maximum Gasteiger partial charge on any atom is 0.335 e. The summed E-state index contributed by atoms with van der Waals surface area (Å²) in [5.74, 6) is -0.767. The number of pyridine rings is 1. The van der Waals surface area contributed by atoms with E-state index in [0.29, 0.717) is 16.8 Å². The molecule has 3 aromatic heterocycles.